The molecule has 1 aromatic heterocycles. The number of rotatable bonds is 3. The zero-order valence-corrected chi connectivity index (χ0v) is 7.41. The van der Waals surface area contributed by atoms with Crippen LogP contribution in [-0.4, -0.2) is 10.1 Å². The van der Waals surface area contributed by atoms with Crippen molar-refractivity contribution in [1.29, 1.82) is 0 Å². The Morgan fingerprint density at radius 2 is 2.46 bits per heavy atom. The van der Waals surface area contributed by atoms with Crippen LogP contribution in [-0.2, 0) is 5.75 Å². The first-order valence-electron chi connectivity index (χ1n) is 3.33. The minimum atomic E-state index is -0.594. The lowest BCUT2D eigenvalue weighted by Crippen LogP contribution is -2.43. The summed E-state index contributed by atoms with van der Waals surface area (Å²) in [5.41, 5.74) is 5.19. The van der Waals surface area contributed by atoms with E-state index < -0.39 is 4.92 Å². The van der Waals surface area contributed by atoms with Gasteiger partial charge in [0.15, 0.2) is 0 Å². The van der Waals surface area contributed by atoms with E-state index in [2.05, 4.69) is 0 Å². The molecule has 1 aromatic rings. The molecule has 6 nitrogen and oxygen atoms in total. The Hall–Kier alpha value is -1.50. The molecular formula is C6H8N3O3S+. The van der Waals surface area contributed by atoms with Gasteiger partial charge < -0.3 is 4.42 Å². The molecule has 4 N–H and O–H groups in total. The van der Waals surface area contributed by atoms with E-state index in [1.165, 1.54) is 23.9 Å². The Bertz CT molecular complexity index is 336. The highest BCUT2D eigenvalue weighted by atomic mass is 32.2. The fraction of sp³-hybridized carbons (Fsp3) is 0.167. The maximum absolute atomic E-state index is 10.2. The molecule has 7 heteroatoms. The summed E-state index contributed by atoms with van der Waals surface area (Å²) < 4.78 is 4.85. The number of nitrogens with two attached hydrogens (primary N) is 2. The molecular weight excluding hydrogens is 194 g/mol. The van der Waals surface area contributed by atoms with Crippen LogP contribution in [0.5, 0.6) is 0 Å². The number of hydrogen-bond acceptors (Lipinski definition) is 4. The third kappa shape index (κ3) is 2.79. The maximum atomic E-state index is 10.2. The maximum Gasteiger partial charge on any atom is 0.433 e. The fourth-order valence-electron chi connectivity index (χ4n) is 0.697. The summed E-state index contributed by atoms with van der Waals surface area (Å²) in [7, 11) is 0. The highest BCUT2D eigenvalue weighted by Crippen LogP contribution is 2.19. The lowest BCUT2D eigenvalue weighted by molar-refractivity contribution is -0.402. The first-order valence-corrected chi connectivity index (χ1v) is 4.32. The van der Waals surface area contributed by atoms with Gasteiger partial charge in [-0.2, -0.15) is 0 Å². The van der Waals surface area contributed by atoms with Crippen LogP contribution in [0.3, 0.4) is 0 Å². The predicted octanol–water partition coefficient (Wildman–Crippen LogP) is -0.505. The standard InChI is InChI=1S/C6H7N3O3S/c7-6(8)13-3-4-1-2-5(12-4)9(10)11/h1-2H,3H2,(H3,7,8)/p+1. The van der Waals surface area contributed by atoms with Crippen LogP contribution in [0.15, 0.2) is 16.5 Å². The van der Waals surface area contributed by atoms with Crippen molar-refractivity contribution in [3.8, 4) is 0 Å². The van der Waals surface area contributed by atoms with E-state index in [9.17, 15) is 10.1 Å². The Morgan fingerprint density at radius 3 is 2.92 bits per heavy atom. The molecule has 0 aliphatic heterocycles. The zero-order valence-electron chi connectivity index (χ0n) is 6.60. The molecule has 1 rings (SSSR count). The average molecular weight is 202 g/mol. The quantitative estimate of drug-likeness (QED) is 0.297. The number of hydrogen-bond donors (Lipinski definition) is 2. The SMILES string of the molecule is NC(=[NH2+])SCc1ccc([N+](=O)[O-])o1. The van der Waals surface area contributed by atoms with Crippen molar-refractivity contribution in [2.75, 3.05) is 0 Å². The molecule has 0 aliphatic carbocycles. The van der Waals surface area contributed by atoms with Crippen molar-refractivity contribution in [2.45, 2.75) is 5.75 Å². The molecule has 0 aliphatic rings. The van der Waals surface area contributed by atoms with Crippen molar-refractivity contribution < 1.29 is 14.7 Å². The normalized spacial score (nSPS) is 9.85. The van der Waals surface area contributed by atoms with Gasteiger partial charge in [0.1, 0.15) is 10.7 Å². The predicted molar refractivity (Wildman–Crippen MR) is 47.8 cm³/mol. The van der Waals surface area contributed by atoms with Crippen LogP contribution in [0, 0.1) is 10.1 Å². The summed E-state index contributed by atoms with van der Waals surface area (Å²) in [5.74, 6) is 0.604. The number of amidine groups is 1. The summed E-state index contributed by atoms with van der Waals surface area (Å²) in [4.78, 5) is 9.61. The molecule has 70 valence electrons. The number of nitrogens with zero attached hydrogens (tertiary/aromatic N) is 1. The second-order valence-electron chi connectivity index (χ2n) is 2.19. The van der Waals surface area contributed by atoms with Crippen molar-refractivity contribution >= 4 is 22.8 Å². The molecule has 13 heavy (non-hydrogen) atoms. The summed E-state index contributed by atoms with van der Waals surface area (Å²) in [6.07, 6.45) is 0. The van der Waals surface area contributed by atoms with Crippen LogP contribution in [0.4, 0.5) is 5.88 Å². The largest absolute Gasteiger partial charge is 0.433 e. The Morgan fingerprint density at radius 1 is 1.77 bits per heavy atom. The lowest BCUT2D eigenvalue weighted by atomic mass is 10.5. The Balaban J connectivity index is 2.59. The van der Waals surface area contributed by atoms with Gasteiger partial charge >= 0.3 is 5.88 Å². The van der Waals surface area contributed by atoms with Gasteiger partial charge in [-0.05, 0) is 17.8 Å². The van der Waals surface area contributed by atoms with Crippen molar-refractivity contribution in [3.63, 3.8) is 0 Å². The first kappa shape index (κ1) is 9.59. The highest BCUT2D eigenvalue weighted by Gasteiger charge is 2.12. The van der Waals surface area contributed by atoms with Gasteiger partial charge in [-0.25, -0.2) is 0 Å². The molecule has 0 amide bonds. The van der Waals surface area contributed by atoms with Gasteiger partial charge in [0, 0.05) is 0 Å². The molecule has 0 spiro atoms. The van der Waals surface area contributed by atoms with Crippen molar-refractivity contribution in [2.24, 2.45) is 5.73 Å². The average Bonchev–Trinajstić information content (AvgIpc) is 2.48. The van der Waals surface area contributed by atoms with E-state index in [1.54, 1.807) is 0 Å². The van der Waals surface area contributed by atoms with Gasteiger partial charge in [0.05, 0.1) is 11.8 Å². The van der Waals surface area contributed by atoms with Crippen LogP contribution in [0.25, 0.3) is 0 Å². The molecule has 0 saturated heterocycles. The van der Waals surface area contributed by atoms with E-state index in [1.807, 2.05) is 0 Å². The van der Waals surface area contributed by atoms with Crippen LogP contribution < -0.4 is 11.1 Å². The Labute approximate surface area is 77.8 Å². The van der Waals surface area contributed by atoms with Gasteiger partial charge in [0.2, 0.25) is 0 Å². The summed E-state index contributed by atoms with van der Waals surface area (Å²) >= 11 is 1.17. The molecule has 1 heterocycles. The number of furan rings is 1. The second kappa shape index (κ2) is 3.94. The molecule has 0 radical (unpaired) electrons. The molecule has 0 fully saturated rings. The van der Waals surface area contributed by atoms with E-state index in [0.717, 1.165) is 0 Å². The van der Waals surface area contributed by atoms with Crippen LogP contribution in [0.1, 0.15) is 5.76 Å². The molecule has 0 unspecified atom stereocenters. The lowest BCUT2D eigenvalue weighted by Gasteiger charge is -1.89. The van der Waals surface area contributed by atoms with Gasteiger partial charge in [-0.15, -0.1) is 0 Å². The van der Waals surface area contributed by atoms with Crippen molar-refractivity contribution in [3.05, 3.63) is 28.0 Å². The minimum Gasteiger partial charge on any atom is -0.405 e. The monoisotopic (exact) mass is 202 g/mol. The number of thioether (sulfide) groups is 1. The van der Waals surface area contributed by atoms with E-state index >= 15 is 0 Å². The summed E-state index contributed by atoms with van der Waals surface area (Å²) in [6.45, 7) is 0. The fourth-order valence-corrected chi connectivity index (χ4v) is 1.16. The van der Waals surface area contributed by atoms with E-state index in [4.69, 9.17) is 15.6 Å². The molecule has 0 saturated carbocycles. The van der Waals surface area contributed by atoms with Crippen LogP contribution in [0.2, 0.25) is 0 Å². The molecule has 0 bridgehead atoms. The zero-order chi connectivity index (χ0) is 9.84. The molecule has 0 aromatic carbocycles. The minimum absolute atomic E-state index is 0.207. The highest BCUT2D eigenvalue weighted by molar-refractivity contribution is 8.12. The smallest absolute Gasteiger partial charge is 0.405 e. The first-order chi connectivity index (χ1) is 6.09. The van der Waals surface area contributed by atoms with E-state index in [-0.39, 0.29) is 11.1 Å². The Kier molecular flexibility index (Phi) is 2.91. The van der Waals surface area contributed by atoms with Gasteiger partial charge in [-0.3, -0.25) is 21.3 Å². The summed E-state index contributed by atoms with van der Waals surface area (Å²) in [5, 5.41) is 15.6. The molecule has 0 atom stereocenters. The van der Waals surface area contributed by atoms with Gasteiger partial charge in [0.25, 0.3) is 5.17 Å². The third-order valence-electron chi connectivity index (χ3n) is 1.21. The van der Waals surface area contributed by atoms with Gasteiger partial charge in [-0.1, -0.05) is 0 Å². The summed E-state index contributed by atoms with van der Waals surface area (Å²) in [6, 6.07) is 2.82. The number of nitro groups is 1. The second-order valence-corrected chi connectivity index (χ2v) is 3.24. The third-order valence-corrected chi connectivity index (χ3v) is 1.97. The topological polar surface area (TPSA) is 108 Å². The van der Waals surface area contributed by atoms with Crippen molar-refractivity contribution in [1.82, 2.24) is 0 Å². The van der Waals surface area contributed by atoms with Crippen LogP contribution >= 0.6 is 11.8 Å². The van der Waals surface area contributed by atoms with E-state index in [0.29, 0.717) is 11.5 Å².